The molecule has 34 heavy (non-hydrogen) atoms. The number of thioether (sulfide) groups is 1. The number of β-lactam (4-membered cyclic amide) rings is 1. The summed E-state index contributed by atoms with van der Waals surface area (Å²) in [4.78, 5) is 59.3. The minimum atomic E-state index is -1.26. The molecule has 1 fully saturated rings. The maximum atomic E-state index is 13.0. The number of anilines is 1. The van der Waals surface area contributed by atoms with Gasteiger partial charge in [0.05, 0.1) is 0 Å². The van der Waals surface area contributed by atoms with Crippen LogP contribution in [0.5, 0.6) is 0 Å². The Morgan fingerprint density at radius 2 is 2.15 bits per heavy atom. The van der Waals surface area contributed by atoms with Gasteiger partial charge in [-0.15, -0.1) is 23.1 Å². The number of carboxylic acids is 1. The first-order valence-electron chi connectivity index (χ1n) is 9.90. The summed E-state index contributed by atoms with van der Waals surface area (Å²) in [5.74, 6) is -3.02. The molecule has 3 rings (SSSR count). The van der Waals surface area contributed by atoms with Gasteiger partial charge >= 0.3 is 11.9 Å². The zero-order chi connectivity index (χ0) is 25.2. The first-order chi connectivity index (χ1) is 15.9. The summed E-state index contributed by atoms with van der Waals surface area (Å²) in [5, 5.41) is 16.8. The zero-order valence-corrected chi connectivity index (χ0v) is 20.2. The van der Waals surface area contributed by atoms with Gasteiger partial charge in [-0.2, -0.15) is 0 Å². The molecule has 0 spiro atoms. The Bertz CT molecular complexity index is 1110. The average molecular weight is 510 g/mol. The van der Waals surface area contributed by atoms with E-state index in [0.717, 1.165) is 16.2 Å². The van der Waals surface area contributed by atoms with E-state index in [9.17, 15) is 24.3 Å². The molecule has 4 N–H and O–H groups in total. The van der Waals surface area contributed by atoms with Gasteiger partial charge in [0.1, 0.15) is 28.4 Å². The Morgan fingerprint density at radius 3 is 2.71 bits per heavy atom. The third-order valence-electron chi connectivity index (χ3n) is 4.47. The molecule has 0 radical (unpaired) electrons. The number of nitrogens with two attached hydrogens (primary N) is 1. The molecule has 1 aromatic heterocycles. The summed E-state index contributed by atoms with van der Waals surface area (Å²) < 4.78 is 5.12. The van der Waals surface area contributed by atoms with E-state index in [-0.39, 0.29) is 22.2 Å². The number of fused-ring (bicyclic) bond motifs is 1. The third kappa shape index (κ3) is 5.39. The second kappa shape index (κ2) is 9.85. The Kier molecular flexibility index (Phi) is 7.31. The molecule has 0 bridgehead atoms. The van der Waals surface area contributed by atoms with Crippen molar-refractivity contribution in [3.8, 4) is 0 Å². The lowest BCUT2D eigenvalue weighted by molar-refractivity contribution is -0.160. The minimum absolute atomic E-state index is 0.0872. The highest BCUT2D eigenvalue weighted by Gasteiger charge is 2.54. The van der Waals surface area contributed by atoms with Crippen LogP contribution in [-0.2, 0) is 28.8 Å². The Balaban J connectivity index is 1.75. The number of hydrogen-bond acceptors (Lipinski definition) is 11. The van der Waals surface area contributed by atoms with Gasteiger partial charge in [0.2, 0.25) is 6.61 Å². The SMILES string of the molecule is C=CC1=C(C(=O)O)N2C(=O)C(NC(=O)C(=NOCC(=O)OC(C)(C)C)c3csc(N)n3)[C@H]2SC1. The first kappa shape index (κ1) is 25.2. The van der Waals surface area contributed by atoms with Crippen LogP contribution >= 0.6 is 23.1 Å². The average Bonchev–Trinajstić information content (AvgIpc) is 3.18. The van der Waals surface area contributed by atoms with Crippen molar-refractivity contribution in [1.29, 1.82) is 0 Å². The van der Waals surface area contributed by atoms with Crippen molar-refractivity contribution in [2.24, 2.45) is 5.16 Å². The quantitative estimate of drug-likeness (QED) is 0.196. The van der Waals surface area contributed by atoms with E-state index in [1.54, 1.807) is 20.8 Å². The number of rotatable bonds is 8. The number of nitrogens with zero attached hydrogens (tertiary/aromatic N) is 3. The molecular formula is C20H23N5O7S2. The van der Waals surface area contributed by atoms with Crippen LogP contribution in [0, 0.1) is 0 Å². The zero-order valence-electron chi connectivity index (χ0n) is 18.6. The minimum Gasteiger partial charge on any atom is -0.477 e. The van der Waals surface area contributed by atoms with E-state index >= 15 is 0 Å². The van der Waals surface area contributed by atoms with Crippen LogP contribution in [0.3, 0.4) is 0 Å². The Hall–Kier alpha value is -3.39. The molecule has 1 saturated heterocycles. The van der Waals surface area contributed by atoms with Gasteiger partial charge in [0.25, 0.3) is 11.8 Å². The first-order valence-corrected chi connectivity index (χ1v) is 11.8. The third-order valence-corrected chi connectivity index (χ3v) is 6.45. The van der Waals surface area contributed by atoms with Crippen molar-refractivity contribution in [2.45, 2.75) is 37.8 Å². The van der Waals surface area contributed by atoms with Gasteiger partial charge in [-0.1, -0.05) is 17.8 Å². The van der Waals surface area contributed by atoms with E-state index in [1.807, 2.05) is 0 Å². The molecule has 2 amide bonds. The predicted molar refractivity (Wildman–Crippen MR) is 125 cm³/mol. The molecule has 0 aromatic carbocycles. The number of oxime groups is 1. The van der Waals surface area contributed by atoms with Crippen LogP contribution in [0.1, 0.15) is 26.5 Å². The molecule has 12 nitrogen and oxygen atoms in total. The smallest absolute Gasteiger partial charge is 0.352 e. The van der Waals surface area contributed by atoms with Gasteiger partial charge in [-0.05, 0) is 26.3 Å². The van der Waals surface area contributed by atoms with Crippen LogP contribution in [-0.4, -0.2) is 73.8 Å². The molecule has 3 heterocycles. The number of carbonyl (C=O) groups excluding carboxylic acids is 3. The number of carboxylic acid groups (broad SMARTS) is 1. The van der Waals surface area contributed by atoms with Crippen LogP contribution in [0.25, 0.3) is 0 Å². The molecule has 14 heteroatoms. The van der Waals surface area contributed by atoms with E-state index in [4.69, 9.17) is 15.3 Å². The second-order valence-corrected chi connectivity index (χ2v) is 10.1. The fourth-order valence-corrected chi connectivity index (χ4v) is 5.02. The van der Waals surface area contributed by atoms with E-state index in [0.29, 0.717) is 11.3 Å². The van der Waals surface area contributed by atoms with Crippen molar-refractivity contribution < 1.29 is 33.9 Å². The summed E-state index contributed by atoms with van der Waals surface area (Å²) in [6.45, 7) is 8.11. The molecule has 1 unspecified atom stereocenters. The van der Waals surface area contributed by atoms with E-state index in [1.165, 1.54) is 23.2 Å². The van der Waals surface area contributed by atoms with Gasteiger partial charge in [0.15, 0.2) is 10.8 Å². The largest absolute Gasteiger partial charge is 0.477 e. The molecule has 1 aromatic rings. The van der Waals surface area contributed by atoms with Crippen LogP contribution in [0.4, 0.5) is 5.13 Å². The highest BCUT2D eigenvalue weighted by molar-refractivity contribution is 8.00. The number of nitrogen functional groups attached to an aromatic ring is 1. The number of allylic oxidation sites excluding steroid dienone is 1. The standard InChI is InChI=1S/C20H23N5O7S2/c1-5-9-7-33-17-13(16(28)25(17)14(9)18(29)30)23-15(27)12(10-8-34-19(21)22-10)24-31-6-11(26)32-20(2,3)4/h5,8,13,17H,1,6-7H2,2-4H3,(H2,21,22)(H,23,27)(H,29,30)/t13?,17-/m1/s1. The number of aliphatic carboxylic acids is 1. The van der Waals surface area contributed by atoms with Gasteiger partial charge in [-0.25, -0.2) is 14.6 Å². The normalized spacial score (nSPS) is 20.3. The van der Waals surface area contributed by atoms with Crippen molar-refractivity contribution >= 4 is 57.7 Å². The molecule has 182 valence electrons. The topological polar surface area (TPSA) is 174 Å². The lowest BCUT2D eigenvalue weighted by Gasteiger charge is -2.49. The number of aromatic nitrogens is 1. The van der Waals surface area contributed by atoms with Crippen molar-refractivity contribution in [3.05, 3.63) is 35.0 Å². The lowest BCUT2D eigenvalue weighted by atomic mass is 10.0. The molecule has 2 atom stereocenters. The van der Waals surface area contributed by atoms with Crippen molar-refractivity contribution in [2.75, 3.05) is 18.1 Å². The number of hydrogen-bond donors (Lipinski definition) is 3. The van der Waals surface area contributed by atoms with Gasteiger partial charge in [0, 0.05) is 11.1 Å². The highest BCUT2D eigenvalue weighted by atomic mass is 32.2. The Labute approximate surface area is 202 Å². The summed E-state index contributed by atoms with van der Waals surface area (Å²) in [7, 11) is 0. The predicted octanol–water partition coefficient (Wildman–Crippen LogP) is 0.712. The van der Waals surface area contributed by atoms with Crippen molar-refractivity contribution in [1.82, 2.24) is 15.2 Å². The fourth-order valence-electron chi connectivity index (χ4n) is 3.13. The van der Waals surface area contributed by atoms with E-state index in [2.05, 4.69) is 22.0 Å². The number of carbonyl (C=O) groups is 4. The lowest BCUT2D eigenvalue weighted by Crippen LogP contribution is -2.71. The number of nitrogens with one attached hydrogen (secondary N) is 1. The highest BCUT2D eigenvalue weighted by Crippen LogP contribution is 2.40. The van der Waals surface area contributed by atoms with Gasteiger partial charge < -0.3 is 25.7 Å². The maximum absolute atomic E-state index is 13.0. The monoisotopic (exact) mass is 509 g/mol. The summed E-state index contributed by atoms with van der Waals surface area (Å²) >= 11 is 2.35. The Morgan fingerprint density at radius 1 is 1.44 bits per heavy atom. The number of amides is 2. The van der Waals surface area contributed by atoms with Crippen LogP contribution < -0.4 is 11.1 Å². The summed E-state index contributed by atoms with van der Waals surface area (Å²) in [6, 6.07) is -0.995. The molecular weight excluding hydrogens is 486 g/mol. The molecule has 2 aliphatic heterocycles. The second-order valence-electron chi connectivity index (χ2n) is 8.11. The molecule has 0 aliphatic carbocycles. The maximum Gasteiger partial charge on any atom is 0.352 e. The van der Waals surface area contributed by atoms with Crippen LogP contribution in [0.2, 0.25) is 0 Å². The summed E-state index contributed by atoms with van der Waals surface area (Å²) in [6.07, 6.45) is 1.39. The van der Waals surface area contributed by atoms with Gasteiger partial charge in [-0.3, -0.25) is 14.5 Å². The molecule has 0 saturated carbocycles. The number of thiazole rings is 1. The van der Waals surface area contributed by atoms with E-state index < -0.39 is 47.4 Å². The van der Waals surface area contributed by atoms with Crippen molar-refractivity contribution in [3.63, 3.8) is 0 Å². The fraction of sp³-hybridized carbons (Fsp3) is 0.400. The number of esters is 1. The van der Waals surface area contributed by atoms with Crippen LogP contribution in [0.15, 0.2) is 34.5 Å². The number of ether oxygens (including phenoxy) is 1. The summed E-state index contributed by atoms with van der Waals surface area (Å²) in [5.41, 5.74) is 4.98. The molecule has 2 aliphatic rings.